The van der Waals surface area contributed by atoms with Gasteiger partial charge < -0.3 is 0 Å². The van der Waals surface area contributed by atoms with Gasteiger partial charge >= 0.3 is 0 Å². The predicted octanol–water partition coefficient (Wildman–Crippen LogP) is 6.25. The Morgan fingerprint density at radius 2 is 1.59 bits per heavy atom. The molecule has 0 atom stereocenters. The first-order valence-corrected chi connectivity index (χ1v) is 9.09. The summed E-state index contributed by atoms with van der Waals surface area (Å²) in [5.74, 6) is 0. The Morgan fingerprint density at radius 1 is 0.889 bits per heavy atom. The highest BCUT2D eigenvalue weighted by Gasteiger charge is 2.11. The van der Waals surface area contributed by atoms with Crippen LogP contribution in [-0.2, 0) is 0 Å². The van der Waals surface area contributed by atoms with Crippen LogP contribution in [0.5, 0.6) is 0 Å². The molecule has 0 bridgehead atoms. The van der Waals surface area contributed by atoms with Crippen LogP contribution in [0.4, 0.5) is 5.69 Å². The molecule has 0 saturated heterocycles. The van der Waals surface area contributed by atoms with Crippen molar-refractivity contribution in [2.45, 2.75) is 6.92 Å². The monoisotopic (exact) mass is 371 g/mol. The summed E-state index contributed by atoms with van der Waals surface area (Å²) in [4.78, 5) is 4.68. The lowest BCUT2D eigenvalue weighted by atomic mass is 10.1. The van der Waals surface area contributed by atoms with E-state index in [0.29, 0.717) is 5.02 Å². The van der Waals surface area contributed by atoms with Gasteiger partial charge in [0.1, 0.15) is 5.69 Å². The molecule has 0 aliphatic carbocycles. The molecule has 0 unspecified atom stereocenters. The van der Waals surface area contributed by atoms with Crippen LogP contribution in [0.3, 0.4) is 0 Å². The number of aryl methyl sites for hydroxylation is 1. The molecule has 0 N–H and O–H groups in total. The minimum absolute atomic E-state index is 0.705. The van der Waals surface area contributed by atoms with Crippen LogP contribution in [0.1, 0.15) is 11.1 Å². The van der Waals surface area contributed by atoms with Gasteiger partial charge in [0.25, 0.3) is 0 Å². The summed E-state index contributed by atoms with van der Waals surface area (Å²) in [6, 6.07) is 25.8. The fourth-order valence-corrected chi connectivity index (χ4v) is 3.00. The van der Waals surface area contributed by atoms with Crippen LogP contribution < -0.4 is 0 Å². The lowest BCUT2D eigenvalue weighted by Gasteiger charge is -2.01. The molecule has 0 aliphatic rings. The summed E-state index contributed by atoms with van der Waals surface area (Å²) >= 11 is 6.05. The number of aliphatic imine (C=N–C) groups is 1. The number of nitrogens with zero attached hydrogens (tertiary/aromatic N) is 3. The van der Waals surface area contributed by atoms with Gasteiger partial charge in [0, 0.05) is 28.6 Å². The Labute approximate surface area is 163 Å². The molecular formula is C23H18ClN3. The molecule has 132 valence electrons. The van der Waals surface area contributed by atoms with Crippen molar-refractivity contribution in [2.24, 2.45) is 4.99 Å². The maximum atomic E-state index is 6.05. The van der Waals surface area contributed by atoms with Crippen molar-refractivity contribution in [3.63, 3.8) is 0 Å². The van der Waals surface area contributed by atoms with Crippen molar-refractivity contribution in [1.82, 2.24) is 9.78 Å². The fraction of sp³-hybridized carbons (Fsp3) is 0.0435. The predicted molar refractivity (Wildman–Crippen MR) is 112 cm³/mol. The van der Waals surface area contributed by atoms with E-state index < -0.39 is 0 Å². The molecule has 0 saturated carbocycles. The van der Waals surface area contributed by atoms with Crippen molar-refractivity contribution in [3.05, 3.63) is 101 Å². The van der Waals surface area contributed by atoms with E-state index in [2.05, 4.69) is 18.0 Å². The second-order valence-corrected chi connectivity index (χ2v) is 6.70. The maximum Gasteiger partial charge on any atom is 0.101 e. The fourth-order valence-electron chi connectivity index (χ4n) is 2.87. The van der Waals surface area contributed by atoms with E-state index in [9.17, 15) is 0 Å². The van der Waals surface area contributed by atoms with E-state index in [4.69, 9.17) is 16.7 Å². The van der Waals surface area contributed by atoms with E-state index >= 15 is 0 Å². The number of hydrogen-bond acceptors (Lipinski definition) is 2. The van der Waals surface area contributed by atoms with E-state index in [1.54, 1.807) is 0 Å². The van der Waals surface area contributed by atoms with Gasteiger partial charge in [-0.05, 0) is 42.8 Å². The normalized spacial score (nSPS) is 11.2. The zero-order valence-electron chi connectivity index (χ0n) is 14.9. The van der Waals surface area contributed by atoms with Gasteiger partial charge in [-0.25, -0.2) is 4.68 Å². The standard InChI is InChI=1S/C23H18ClN3/c1-17-7-5-6-10-22(17)25-15-19-16-27(21-8-3-2-4-9-21)26-23(19)18-11-13-20(24)14-12-18/h2-16H,1H3. The Balaban J connectivity index is 1.80. The Bertz CT molecular complexity index is 1080. The van der Waals surface area contributed by atoms with Crippen molar-refractivity contribution in [2.75, 3.05) is 0 Å². The topological polar surface area (TPSA) is 30.2 Å². The smallest absolute Gasteiger partial charge is 0.101 e. The summed E-state index contributed by atoms with van der Waals surface area (Å²) in [6.45, 7) is 2.06. The average molecular weight is 372 g/mol. The zero-order valence-corrected chi connectivity index (χ0v) is 15.6. The highest BCUT2D eigenvalue weighted by atomic mass is 35.5. The van der Waals surface area contributed by atoms with Gasteiger partial charge in [0.05, 0.1) is 11.4 Å². The molecule has 4 rings (SSSR count). The zero-order chi connectivity index (χ0) is 18.6. The van der Waals surface area contributed by atoms with Crippen molar-refractivity contribution in [1.29, 1.82) is 0 Å². The number of benzene rings is 3. The van der Waals surface area contributed by atoms with Crippen LogP contribution in [0.25, 0.3) is 16.9 Å². The van der Waals surface area contributed by atoms with Crippen LogP contribution >= 0.6 is 11.6 Å². The quantitative estimate of drug-likeness (QED) is 0.390. The molecule has 0 aliphatic heterocycles. The summed E-state index contributed by atoms with van der Waals surface area (Å²) in [7, 11) is 0. The van der Waals surface area contributed by atoms with Gasteiger partial charge in [-0.3, -0.25) is 4.99 Å². The highest BCUT2D eigenvalue weighted by molar-refractivity contribution is 6.30. The third kappa shape index (κ3) is 3.83. The SMILES string of the molecule is Cc1ccccc1N=Cc1cn(-c2ccccc2)nc1-c1ccc(Cl)cc1. The molecular weight excluding hydrogens is 354 g/mol. The van der Waals surface area contributed by atoms with Gasteiger partial charge in [-0.1, -0.05) is 60.1 Å². The molecule has 0 amide bonds. The highest BCUT2D eigenvalue weighted by Crippen LogP contribution is 2.25. The molecule has 1 heterocycles. The van der Waals surface area contributed by atoms with Crippen molar-refractivity contribution >= 4 is 23.5 Å². The van der Waals surface area contributed by atoms with E-state index in [0.717, 1.165) is 33.8 Å². The Morgan fingerprint density at radius 3 is 2.33 bits per heavy atom. The maximum absolute atomic E-state index is 6.05. The molecule has 3 aromatic carbocycles. The summed E-state index contributed by atoms with van der Waals surface area (Å²) < 4.78 is 1.88. The van der Waals surface area contributed by atoms with Crippen LogP contribution in [0, 0.1) is 6.92 Å². The summed E-state index contributed by atoms with van der Waals surface area (Å²) in [5.41, 5.74) is 5.91. The first-order chi connectivity index (χ1) is 13.2. The third-order valence-corrected chi connectivity index (χ3v) is 4.59. The van der Waals surface area contributed by atoms with Crippen LogP contribution in [-0.4, -0.2) is 16.0 Å². The first-order valence-electron chi connectivity index (χ1n) is 8.71. The van der Waals surface area contributed by atoms with Gasteiger partial charge in [-0.15, -0.1) is 0 Å². The minimum Gasteiger partial charge on any atom is -0.256 e. The average Bonchev–Trinajstić information content (AvgIpc) is 3.13. The number of halogens is 1. The number of hydrogen-bond donors (Lipinski definition) is 0. The molecule has 4 heteroatoms. The van der Waals surface area contributed by atoms with E-state index in [1.165, 1.54) is 0 Å². The minimum atomic E-state index is 0.705. The van der Waals surface area contributed by atoms with E-state index in [1.807, 2.05) is 89.9 Å². The van der Waals surface area contributed by atoms with Crippen molar-refractivity contribution in [3.8, 4) is 16.9 Å². The van der Waals surface area contributed by atoms with Crippen LogP contribution in [0.15, 0.2) is 90.1 Å². The Hall–Kier alpha value is -3.17. The molecule has 0 fully saturated rings. The lowest BCUT2D eigenvalue weighted by molar-refractivity contribution is 0.884. The first kappa shape index (κ1) is 17.3. The molecule has 4 aromatic rings. The Kier molecular flexibility index (Phi) is 4.86. The third-order valence-electron chi connectivity index (χ3n) is 4.34. The second-order valence-electron chi connectivity index (χ2n) is 6.26. The van der Waals surface area contributed by atoms with Gasteiger partial charge in [0.2, 0.25) is 0 Å². The summed E-state index contributed by atoms with van der Waals surface area (Å²) in [5, 5.41) is 5.50. The molecule has 3 nitrogen and oxygen atoms in total. The molecule has 0 spiro atoms. The van der Waals surface area contributed by atoms with Crippen LogP contribution in [0.2, 0.25) is 5.02 Å². The number of aromatic nitrogens is 2. The lowest BCUT2D eigenvalue weighted by Crippen LogP contribution is -1.93. The summed E-state index contributed by atoms with van der Waals surface area (Å²) in [6.07, 6.45) is 3.87. The molecule has 0 radical (unpaired) electrons. The van der Waals surface area contributed by atoms with E-state index in [-0.39, 0.29) is 0 Å². The number of para-hydroxylation sites is 2. The largest absolute Gasteiger partial charge is 0.256 e. The molecule has 27 heavy (non-hydrogen) atoms. The van der Waals surface area contributed by atoms with Crippen molar-refractivity contribution < 1.29 is 0 Å². The van der Waals surface area contributed by atoms with Gasteiger partial charge in [-0.2, -0.15) is 5.10 Å². The second kappa shape index (κ2) is 7.60. The number of rotatable bonds is 4. The molecule has 1 aromatic heterocycles. The van der Waals surface area contributed by atoms with Gasteiger partial charge in [0.15, 0.2) is 0 Å².